The number of amides is 2. The van der Waals surface area contributed by atoms with Gasteiger partial charge in [-0.15, -0.1) is 0 Å². The largest absolute Gasteiger partial charge is 0.443 e. The maximum Gasteiger partial charge on any atom is 0.416 e. The summed E-state index contributed by atoms with van der Waals surface area (Å²) in [5, 5.41) is 0. The highest BCUT2D eigenvalue weighted by Crippen LogP contribution is 2.32. The number of carbonyl (C=O) groups is 2. The number of nitrogens with zero attached hydrogens (tertiary/aromatic N) is 3. The van der Waals surface area contributed by atoms with Crippen LogP contribution in [0.4, 0.5) is 10.6 Å². The third kappa shape index (κ3) is 6.09. The summed E-state index contributed by atoms with van der Waals surface area (Å²) < 4.78 is 5.59. The highest BCUT2D eigenvalue weighted by Gasteiger charge is 2.30. The van der Waals surface area contributed by atoms with Crippen molar-refractivity contribution in [2.75, 3.05) is 18.0 Å². The van der Waals surface area contributed by atoms with Crippen molar-refractivity contribution in [3.8, 4) is 0 Å². The molecule has 1 aromatic heterocycles. The molecule has 0 unspecified atom stereocenters. The van der Waals surface area contributed by atoms with E-state index >= 15 is 0 Å². The van der Waals surface area contributed by atoms with Gasteiger partial charge in [0.15, 0.2) is 0 Å². The number of ether oxygens (including phenoxy) is 1. The van der Waals surface area contributed by atoms with Gasteiger partial charge in [-0.05, 0) is 69.7 Å². The Morgan fingerprint density at radius 2 is 1.84 bits per heavy atom. The molecule has 1 aliphatic rings. The Morgan fingerprint density at radius 3 is 2.44 bits per heavy atom. The van der Waals surface area contributed by atoms with E-state index in [0.29, 0.717) is 17.9 Å². The summed E-state index contributed by atoms with van der Waals surface area (Å²) in [5.41, 5.74) is 1.12. The predicted molar refractivity (Wildman–Crippen MR) is 127 cm³/mol. The van der Waals surface area contributed by atoms with Gasteiger partial charge < -0.3 is 9.64 Å². The topological polar surface area (TPSA) is 62.7 Å². The van der Waals surface area contributed by atoms with Crippen molar-refractivity contribution >= 4 is 17.8 Å². The molecule has 0 bridgehead atoms. The summed E-state index contributed by atoms with van der Waals surface area (Å²) in [6, 6.07) is 13.3. The molecule has 0 aliphatic carbocycles. The molecule has 6 nitrogen and oxygen atoms in total. The van der Waals surface area contributed by atoms with Crippen molar-refractivity contribution in [1.82, 2.24) is 9.88 Å². The van der Waals surface area contributed by atoms with Gasteiger partial charge in [0.25, 0.3) is 5.91 Å². The summed E-state index contributed by atoms with van der Waals surface area (Å²) in [7, 11) is 0. The standard InChI is InChI=1S/C26H35N3O3/c1-19(2)18-29(25(31)32-26(3,4)5)23-15-14-21(17-27-23)22-13-9-10-16-28(22)24(30)20-11-7-6-8-12-20/h6-8,11-12,14-15,17,19,22H,9-10,13,16,18H2,1-5H3/t22-/m0/s1. The van der Waals surface area contributed by atoms with Crippen LogP contribution in [0.15, 0.2) is 48.7 Å². The number of hydrogen-bond donors (Lipinski definition) is 0. The van der Waals surface area contributed by atoms with Gasteiger partial charge in [0.05, 0.1) is 6.04 Å². The number of anilines is 1. The average molecular weight is 438 g/mol. The Balaban J connectivity index is 1.82. The molecule has 2 aromatic rings. The lowest BCUT2D eigenvalue weighted by molar-refractivity contribution is 0.0574. The lowest BCUT2D eigenvalue weighted by Crippen LogP contribution is -2.40. The Kier molecular flexibility index (Phi) is 7.54. The molecule has 6 heteroatoms. The second kappa shape index (κ2) is 10.2. The first kappa shape index (κ1) is 23.8. The molecule has 0 radical (unpaired) electrons. The number of piperidine rings is 1. The zero-order valence-corrected chi connectivity index (χ0v) is 19.9. The predicted octanol–water partition coefficient (Wildman–Crippen LogP) is 5.85. The van der Waals surface area contributed by atoms with Gasteiger partial charge in [-0.3, -0.25) is 9.69 Å². The third-order valence-corrected chi connectivity index (χ3v) is 5.38. The molecule has 2 amide bonds. The van der Waals surface area contributed by atoms with Crippen LogP contribution >= 0.6 is 0 Å². The van der Waals surface area contributed by atoms with Gasteiger partial charge in [0, 0.05) is 24.8 Å². The van der Waals surface area contributed by atoms with Gasteiger partial charge in [-0.2, -0.15) is 0 Å². The van der Waals surface area contributed by atoms with Crippen LogP contribution in [0.3, 0.4) is 0 Å². The number of carbonyl (C=O) groups excluding carboxylic acids is 2. The van der Waals surface area contributed by atoms with Crippen LogP contribution in [0.5, 0.6) is 0 Å². The van der Waals surface area contributed by atoms with Crippen LogP contribution in [-0.2, 0) is 4.74 Å². The highest BCUT2D eigenvalue weighted by molar-refractivity contribution is 5.94. The first-order valence-corrected chi connectivity index (χ1v) is 11.5. The van der Waals surface area contributed by atoms with Crippen molar-refractivity contribution in [3.63, 3.8) is 0 Å². The number of pyridine rings is 1. The minimum absolute atomic E-state index is 0.0157. The number of hydrogen-bond acceptors (Lipinski definition) is 4. The molecule has 172 valence electrons. The van der Waals surface area contributed by atoms with E-state index < -0.39 is 11.7 Å². The molecule has 2 heterocycles. The van der Waals surface area contributed by atoms with Gasteiger partial charge in [-0.1, -0.05) is 38.1 Å². The third-order valence-electron chi connectivity index (χ3n) is 5.38. The molecular weight excluding hydrogens is 402 g/mol. The van der Waals surface area contributed by atoms with E-state index in [1.165, 1.54) is 0 Å². The number of benzene rings is 1. The summed E-state index contributed by atoms with van der Waals surface area (Å²) in [6.45, 7) is 10.9. The zero-order chi connectivity index (χ0) is 23.3. The smallest absolute Gasteiger partial charge is 0.416 e. The van der Waals surface area contributed by atoms with Crippen molar-refractivity contribution in [1.29, 1.82) is 0 Å². The van der Waals surface area contributed by atoms with E-state index in [2.05, 4.69) is 18.8 Å². The molecule has 1 saturated heterocycles. The van der Waals surface area contributed by atoms with Crippen LogP contribution in [0.2, 0.25) is 0 Å². The molecule has 0 N–H and O–H groups in total. The fourth-order valence-electron chi connectivity index (χ4n) is 3.97. The molecule has 1 aromatic carbocycles. The highest BCUT2D eigenvalue weighted by atomic mass is 16.6. The van der Waals surface area contributed by atoms with Crippen molar-refractivity contribution < 1.29 is 14.3 Å². The van der Waals surface area contributed by atoms with E-state index in [4.69, 9.17) is 4.74 Å². The molecule has 1 aliphatic heterocycles. The second-order valence-electron chi connectivity index (χ2n) is 9.81. The molecule has 1 atom stereocenters. The molecule has 3 rings (SSSR count). The van der Waals surface area contributed by atoms with Crippen LogP contribution in [-0.4, -0.2) is 40.6 Å². The normalized spacial score (nSPS) is 16.7. The van der Waals surface area contributed by atoms with E-state index in [1.54, 1.807) is 11.1 Å². The molecule has 32 heavy (non-hydrogen) atoms. The maximum absolute atomic E-state index is 13.1. The average Bonchev–Trinajstić information content (AvgIpc) is 2.76. The maximum atomic E-state index is 13.1. The molecule has 0 saturated carbocycles. The molecular formula is C26H35N3O3. The number of rotatable bonds is 5. The Labute approximate surface area is 191 Å². The van der Waals surface area contributed by atoms with Gasteiger partial charge in [0.2, 0.25) is 0 Å². The first-order chi connectivity index (χ1) is 15.2. The Morgan fingerprint density at radius 1 is 1.12 bits per heavy atom. The van der Waals surface area contributed by atoms with Gasteiger partial charge in [0.1, 0.15) is 11.4 Å². The van der Waals surface area contributed by atoms with Gasteiger partial charge in [-0.25, -0.2) is 9.78 Å². The van der Waals surface area contributed by atoms with Crippen LogP contribution in [0.1, 0.15) is 75.8 Å². The van der Waals surface area contributed by atoms with Crippen LogP contribution in [0.25, 0.3) is 0 Å². The Bertz CT molecular complexity index is 904. The quantitative estimate of drug-likeness (QED) is 0.589. The monoisotopic (exact) mass is 437 g/mol. The second-order valence-corrected chi connectivity index (χ2v) is 9.81. The summed E-state index contributed by atoms with van der Waals surface area (Å²) in [6.07, 6.45) is 4.38. The summed E-state index contributed by atoms with van der Waals surface area (Å²) in [5.74, 6) is 0.879. The fourth-order valence-corrected chi connectivity index (χ4v) is 3.97. The van der Waals surface area contributed by atoms with Crippen molar-refractivity contribution in [3.05, 3.63) is 59.8 Å². The number of likely N-dealkylation sites (tertiary alicyclic amines) is 1. The SMILES string of the molecule is CC(C)CN(C(=O)OC(C)(C)C)c1ccc([C@@H]2CCCCN2C(=O)c2ccccc2)cn1. The minimum atomic E-state index is -0.577. The lowest BCUT2D eigenvalue weighted by atomic mass is 9.95. The Hall–Kier alpha value is -2.89. The number of aromatic nitrogens is 1. The van der Waals surface area contributed by atoms with Crippen molar-refractivity contribution in [2.45, 2.75) is 65.5 Å². The zero-order valence-electron chi connectivity index (χ0n) is 19.9. The summed E-state index contributed by atoms with van der Waals surface area (Å²) >= 11 is 0. The molecule has 0 spiro atoms. The van der Waals surface area contributed by atoms with Crippen LogP contribution in [0, 0.1) is 5.92 Å². The fraction of sp³-hybridized carbons (Fsp3) is 0.500. The van der Waals surface area contributed by atoms with E-state index in [-0.39, 0.29) is 17.9 Å². The lowest BCUT2D eigenvalue weighted by Gasteiger charge is -2.36. The van der Waals surface area contributed by atoms with E-state index in [0.717, 1.165) is 31.4 Å². The van der Waals surface area contributed by atoms with Crippen LogP contribution < -0.4 is 4.90 Å². The molecule has 1 fully saturated rings. The minimum Gasteiger partial charge on any atom is -0.443 e. The van der Waals surface area contributed by atoms with E-state index in [9.17, 15) is 9.59 Å². The van der Waals surface area contributed by atoms with E-state index in [1.807, 2.05) is 68.1 Å². The van der Waals surface area contributed by atoms with Crippen molar-refractivity contribution in [2.24, 2.45) is 5.92 Å². The first-order valence-electron chi connectivity index (χ1n) is 11.5. The summed E-state index contributed by atoms with van der Waals surface area (Å²) in [4.78, 5) is 34.1. The van der Waals surface area contributed by atoms with Gasteiger partial charge >= 0.3 is 6.09 Å².